The molecule has 0 amide bonds. The zero-order valence-corrected chi connectivity index (χ0v) is 9.73. The molecule has 1 aliphatic carbocycles. The van der Waals surface area contributed by atoms with Gasteiger partial charge in [0.2, 0.25) is 0 Å². The van der Waals surface area contributed by atoms with Gasteiger partial charge in [-0.2, -0.15) is 0 Å². The number of nitrogens with zero attached hydrogens (tertiary/aromatic N) is 1. The summed E-state index contributed by atoms with van der Waals surface area (Å²) >= 11 is 0. The summed E-state index contributed by atoms with van der Waals surface area (Å²) in [7, 11) is 2.05. The van der Waals surface area contributed by atoms with Gasteiger partial charge in [-0.25, -0.2) is 0 Å². The number of carbonyl (C=O) groups excluding carboxylic acids is 1. The van der Waals surface area contributed by atoms with Crippen LogP contribution in [0.15, 0.2) is 18.2 Å². The lowest BCUT2D eigenvalue weighted by atomic mass is 10.1. The van der Waals surface area contributed by atoms with Gasteiger partial charge in [-0.1, -0.05) is 0 Å². The van der Waals surface area contributed by atoms with E-state index in [0.717, 1.165) is 5.56 Å². The summed E-state index contributed by atoms with van der Waals surface area (Å²) < 4.78 is 0. The summed E-state index contributed by atoms with van der Waals surface area (Å²) in [6.45, 7) is 2.25. The highest BCUT2D eigenvalue weighted by molar-refractivity contribution is 5.94. The van der Waals surface area contributed by atoms with Gasteiger partial charge in [-0.15, -0.1) is 0 Å². The second-order valence-electron chi connectivity index (χ2n) is 4.55. The Labute approximate surface area is 95.7 Å². The normalized spacial score (nSPS) is 15.4. The standard InChI is InChI=1S/C13H17NO2/c1-9(15)10-3-6-13(16)11(7-10)8-14(2)12-4-5-12/h3,6-7,12,16H,4-5,8H2,1-2H3. The number of phenols is 1. The first-order valence-electron chi connectivity index (χ1n) is 5.61. The van der Waals surface area contributed by atoms with Crippen molar-refractivity contribution in [1.82, 2.24) is 4.90 Å². The van der Waals surface area contributed by atoms with E-state index in [2.05, 4.69) is 11.9 Å². The molecule has 2 rings (SSSR count). The van der Waals surface area contributed by atoms with Crippen LogP contribution in [0, 0.1) is 0 Å². The fourth-order valence-corrected chi connectivity index (χ4v) is 1.84. The number of Topliss-reactive ketones (excluding diaryl/α,β-unsaturated/α-hetero) is 1. The number of aromatic hydroxyl groups is 1. The van der Waals surface area contributed by atoms with Crippen LogP contribution in [-0.4, -0.2) is 28.9 Å². The summed E-state index contributed by atoms with van der Waals surface area (Å²) in [5.41, 5.74) is 1.50. The molecule has 3 heteroatoms. The van der Waals surface area contributed by atoms with E-state index in [1.54, 1.807) is 25.1 Å². The van der Waals surface area contributed by atoms with Crippen molar-refractivity contribution < 1.29 is 9.90 Å². The molecule has 3 nitrogen and oxygen atoms in total. The number of ketones is 1. The predicted octanol–water partition coefficient (Wildman–Crippen LogP) is 2.19. The van der Waals surface area contributed by atoms with Crippen molar-refractivity contribution in [1.29, 1.82) is 0 Å². The van der Waals surface area contributed by atoms with Gasteiger partial charge in [0, 0.05) is 23.7 Å². The molecule has 0 aromatic heterocycles. The highest BCUT2D eigenvalue weighted by Gasteiger charge is 2.26. The highest BCUT2D eigenvalue weighted by atomic mass is 16.3. The lowest BCUT2D eigenvalue weighted by molar-refractivity contribution is 0.101. The molecule has 0 heterocycles. The van der Waals surface area contributed by atoms with Gasteiger partial charge >= 0.3 is 0 Å². The quantitative estimate of drug-likeness (QED) is 0.789. The Morgan fingerprint density at radius 2 is 2.19 bits per heavy atom. The minimum atomic E-state index is 0.0373. The summed E-state index contributed by atoms with van der Waals surface area (Å²) in [5.74, 6) is 0.313. The van der Waals surface area contributed by atoms with Crippen LogP contribution < -0.4 is 0 Å². The van der Waals surface area contributed by atoms with E-state index >= 15 is 0 Å². The third-order valence-electron chi connectivity index (χ3n) is 3.08. The zero-order valence-electron chi connectivity index (χ0n) is 9.73. The molecule has 1 aromatic carbocycles. The molecule has 1 N–H and O–H groups in total. The molecular formula is C13H17NO2. The van der Waals surface area contributed by atoms with Crippen LogP contribution >= 0.6 is 0 Å². The van der Waals surface area contributed by atoms with Crippen molar-refractivity contribution in [2.24, 2.45) is 0 Å². The number of rotatable bonds is 4. The van der Waals surface area contributed by atoms with Gasteiger partial charge in [-0.3, -0.25) is 9.69 Å². The molecular weight excluding hydrogens is 202 g/mol. The van der Waals surface area contributed by atoms with Gasteiger partial charge in [0.15, 0.2) is 5.78 Å². The van der Waals surface area contributed by atoms with E-state index in [9.17, 15) is 9.90 Å². The summed E-state index contributed by atoms with van der Waals surface area (Å²) in [5, 5.41) is 9.73. The number of hydrogen-bond acceptors (Lipinski definition) is 3. The Hall–Kier alpha value is -1.35. The molecule has 1 fully saturated rings. The first kappa shape index (κ1) is 11.1. The van der Waals surface area contributed by atoms with Crippen molar-refractivity contribution >= 4 is 5.78 Å². The number of phenolic OH excluding ortho intramolecular Hbond substituents is 1. The fraction of sp³-hybridized carbons (Fsp3) is 0.462. The third kappa shape index (κ3) is 2.42. The monoisotopic (exact) mass is 219 g/mol. The van der Waals surface area contributed by atoms with Crippen LogP contribution in [0.3, 0.4) is 0 Å². The van der Waals surface area contributed by atoms with Crippen LogP contribution in [0.5, 0.6) is 5.75 Å². The molecule has 0 bridgehead atoms. The largest absolute Gasteiger partial charge is 0.508 e. The van der Waals surface area contributed by atoms with Crippen LogP contribution in [0.4, 0.5) is 0 Å². The van der Waals surface area contributed by atoms with E-state index in [1.807, 2.05) is 0 Å². The Bertz CT molecular complexity index is 410. The summed E-state index contributed by atoms with van der Waals surface area (Å²) in [6.07, 6.45) is 2.48. The summed E-state index contributed by atoms with van der Waals surface area (Å²) in [4.78, 5) is 13.5. The van der Waals surface area contributed by atoms with Crippen molar-refractivity contribution in [3.05, 3.63) is 29.3 Å². The maximum atomic E-state index is 11.2. The smallest absolute Gasteiger partial charge is 0.159 e. The van der Waals surface area contributed by atoms with Crippen molar-refractivity contribution in [3.63, 3.8) is 0 Å². The minimum Gasteiger partial charge on any atom is -0.508 e. The molecule has 86 valence electrons. The third-order valence-corrected chi connectivity index (χ3v) is 3.08. The van der Waals surface area contributed by atoms with Crippen LogP contribution in [0.1, 0.15) is 35.7 Å². The van der Waals surface area contributed by atoms with Crippen LogP contribution in [-0.2, 0) is 6.54 Å². The Morgan fingerprint density at radius 3 is 2.75 bits per heavy atom. The van der Waals surface area contributed by atoms with Crippen molar-refractivity contribution in [2.75, 3.05) is 7.05 Å². The van der Waals surface area contributed by atoms with Gasteiger partial charge in [-0.05, 0) is 45.0 Å². The van der Waals surface area contributed by atoms with E-state index in [-0.39, 0.29) is 11.5 Å². The highest BCUT2D eigenvalue weighted by Crippen LogP contribution is 2.28. The van der Waals surface area contributed by atoms with Crippen molar-refractivity contribution in [2.45, 2.75) is 32.4 Å². The fourth-order valence-electron chi connectivity index (χ4n) is 1.84. The van der Waals surface area contributed by atoms with Crippen LogP contribution in [0.25, 0.3) is 0 Å². The van der Waals surface area contributed by atoms with Crippen molar-refractivity contribution in [3.8, 4) is 5.75 Å². The van der Waals surface area contributed by atoms with E-state index < -0.39 is 0 Å². The molecule has 0 radical (unpaired) electrons. The average molecular weight is 219 g/mol. The molecule has 0 unspecified atom stereocenters. The zero-order chi connectivity index (χ0) is 11.7. The molecule has 0 atom stereocenters. The molecule has 1 saturated carbocycles. The second kappa shape index (κ2) is 4.26. The van der Waals surface area contributed by atoms with Gasteiger partial charge < -0.3 is 5.11 Å². The van der Waals surface area contributed by atoms with E-state index in [4.69, 9.17) is 0 Å². The molecule has 0 saturated heterocycles. The topological polar surface area (TPSA) is 40.5 Å². The van der Waals surface area contributed by atoms with E-state index in [0.29, 0.717) is 18.2 Å². The molecule has 16 heavy (non-hydrogen) atoms. The lowest BCUT2D eigenvalue weighted by Crippen LogP contribution is -2.20. The maximum Gasteiger partial charge on any atom is 0.159 e. The van der Waals surface area contributed by atoms with Crippen LogP contribution in [0.2, 0.25) is 0 Å². The predicted molar refractivity (Wildman–Crippen MR) is 62.6 cm³/mol. The second-order valence-corrected chi connectivity index (χ2v) is 4.55. The lowest BCUT2D eigenvalue weighted by Gasteiger charge is -2.16. The SMILES string of the molecule is CC(=O)c1ccc(O)c(CN(C)C2CC2)c1. The molecule has 1 aromatic rings. The molecule has 0 spiro atoms. The number of hydrogen-bond donors (Lipinski definition) is 1. The van der Waals surface area contributed by atoms with E-state index in [1.165, 1.54) is 12.8 Å². The average Bonchev–Trinajstić information content (AvgIpc) is 3.04. The molecule has 1 aliphatic rings. The maximum absolute atomic E-state index is 11.2. The first-order valence-corrected chi connectivity index (χ1v) is 5.61. The van der Waals surface area contributed by atoms with Gasteiger partial charge in [0.1, 0.15) is 5.75 Å². The Balaban J connectivity index is 2.17. The van der Waals surface area contributed by atoms with Gasteiger partial charge in [0.25, 0.3) is 0 Å². The molecule has 0 aliphatic heterocycles. The van der Waals surface area contributed by atoms with Gasteiger partial charge in [0.05, 0.1) is 0 Å². The Kier molecular flexibility index (Phi) is 2.97. The first-order chi connectivity index (χ1) is 7.58. The number of benzene rings is 1. The minimum absolute atomic E-state index is 0.0373. The summed E-state index contributed by atoms with van der Waals surface area (Å²) in [6, 6.07) is 5.71. The number of carbonyl (C=O) groups is 1. The Morgan fingerprint density at radius 1 is 1.50 bits per heavy atom.